The van der Waals surface area contributed by atoms with Crippen LogP contribution in [0.15, 0.2) is 12.3 Å². The van der Waals surface area contributed by atoms with Gasteiger partial charge in [0.05, 0.1) is 11.8 Å². The van der Waals surface area contributed by atoms with Crippen LogP contribution in [0.2, 0.25) is 5.15 Å². The molecule has 1 aromatic rings. The molecule has 15 heavy (non-hydrogen) atoms. The maximum atomic E-state index is 11.9. The van der Waals surface area contributed by atoms with E-state index in [1.165, 1.54) is 0 Å². The molecule has 0 fully saturated rings. The lowest BCUT2D eigenvalue weighted by Crippen LogP contribution is -2.21. The number of pyridine rings is 1. The first-order valence-corrected chi connectivity index (χ1v) is 3.88. The first-order valence-electron chi connectivity index (χ1n) is 3.50. The Bertz CT molecular complexity index is 394. The zero-order chi connectivity index (χ0) is 11.6. The molecule has 0 atom stereocenters. The van der Waals surface area contributed by atoms with Crippen LogP contribution in [0.4, 0.5) is 13.2 Å². The molecule has 1 rings (SSSR count). The van der Waals surface area contributed by atoms with Gasteiger partial charge in [0, 0.05) is 0 Å². The third kappa shape index (κ3) is 3.28. The van der Waals surface area contributed by atoms with Gasteiger partial charge in [-0.1, -0.05) is 11.6 Å². The van der Waals surface area contributed by atoms with Gasteiger partial charge < -0.3 is 10.5 Å². The van der Waals surface area contributed by atoms with Gasteiger partial charge in [-0.05, 0) is 6.07 Å². The Morgan fingerprint density at radius 3 is 2.60 bits per heavy atom. The SMILES string of the molecule is NC(=O)c1cc(Cl)ncc1OC(F)(F)F. The Hall–Kier alpha value is -1.50. The van der Waals surface area contributed by atoms with Crippen molar-refractivity contribution in [3.8, 4) is 5.75 Å². The molecule has 4 nitrogen and oxygen atoms in total. The van der Waals surface area contributed by atoms with Crippen molar-refractivity contribution in [1.29, 1.82) is 0 Å². The molecule has 1 amide bonds. The predicted molar refractivity (Wildman–Crippen MR) is 44.4 cm³/mol. The molecule has 0 aliphatic carbocycles. The van der Waals surface area contributed by atoms with E-state index in [0.29, 0.717) is 6.20 Å². The summed E-state index contributed by atoms with van der Waals surface area (Å²) in [6.07, 6.45) is -4.24. The minimum absolute atomic E-state index is 0.154. The quantitative estimate of drug-likeness (QED) is 0.801. The van der Waals surface area contributed by atoms with Crippen LogP contribution in [0.5, 0.6) is 5.75 Å². The van der Waals surface area contributed by atoms with Crippen molar-refractivity contribution in [3.63, 3.8) is 0 Å². The first-order chi connectivity index (χ1) is 6.79. The third-order valence-corrected chi connectivity index (χ3v) is 1.53. The summed E-state index contributed by atoms with van der Waals surface area (Å²) in [7, 11) is 0. The monoisotopic (exact) mass is 240 g/mol. The summed E-state index contributed by atoms with van der Waals surface area (Å²) in [4.78, 5) is 14.1. The molecule has 0 saturated carbocycles. The van der Waals surface area contributed by atoms with Crippen molar-refractivity contribution in [2.24, 2.45) is 5.73 Å². The molecule has 1 aromatic heterocycles. The van der Waals surface area contributed by atoms with Gasteiger partial charge in [-0.15, -0.1) is 13.2 Å². The zero-order valence-corrected chi connectivity index (χ0v) is 7.76. The standard InChI is InChI=1S/C7H4ClF3N2O2/c8-5-1-3(6(12)14)4(2-13-5)15-7(9,10)11/h1-2H,(H2,12,14). The molecule has 2 N–H and O–H groups in total. The Balaban J connectivity index is 3.12. The van der Waals surface area contributed by atoms with Crippen LogP contribution in [0, 0.1) is 0 Å². The van der Waals surface area contributed by atoms with Crippen molar-refractivity contribution < 1.29 is 22.7 Å². The summed E-state index contributed by atoms with van der Waals surface area (Å²) in [5.41, 5.74) is 4.35. The highest BCUT2D eigenvalue weighted by Gasteiger charge is 2.33. The van der Waals surface area contributed by atoms with E-state index in [4.69, 9.17) is 17.3 Å². The van der Waals surface area contributed by atoms with Gasteiger partial charge in [0.1, 0.15) is 5.15 Å². The molecule has 0 aliphatic heterocycles. The molecule has 0 radical (unpaired) electrons. The lowest BCUT2D eigenvalue weighted by atomic mass is 10.2. The van der Waals surface area contributed by atoms with Crippen LogP contribution < -0.4 is 10.5 Å². The van der Waals surface area contributed by atoms with E-state index in [2.05, 4.69) is 9.72 Å². The lowest BCUT2D eigenvalue weighted by Gasteiger charge is -2.10. The van der Waals surface area contributed by atoms with Crippen LogP contribution in [-0.2, 0) is 0 Å². The number of nitrogens with zero attached hydrogens (tertiary/aromatic N) is 1. The second-order valence-corrected chi connectivity index (χ2v) is 2.80. The fraction of sp³-hybridized carbons (Fsp3) is 0.143. The van der Waals surface area contributed by atoms with Gasteiger partial charge in [0.25, 0.3) is 5.91 Å². The van der Waals surface area contributed by atoms with Crippen LogP contribution >= 0.6 is 11.6 Å². The Kier molecular flexibility index (Phi) is 3.04. The maximum absolute atomic E-state index is 11.9. The number of alkyl halides is 3. The Morgan fingerprint density at radius 2 is 2.13 bits per heavy atom. The number of carbonyl (C=O) groups excluding carboxylic acids is 1. The number of aromatic nitrogens is 1. The average Bonchev–Trinajstić information content (AvgIpc) is 2.05. The molecular weight excluding hydrogens is 237 g/mol. The number of primary amides is 1. The highest BCUT2D eigenvalue weighted by atomic mass is 35.5. The smallest absolute Gasteiger partial charge is 0.403 e. The highest BCUT2D eigenvalue weighted by molar-refractivity contribution is 6.29. The van der Waals surface area contributed by atoms with E-state index < -0.39 is 23.6 Å². The number of rotatable bonds is 2. The summed E-state index contributed by atoms with van der Waals surface area (Å²) in [6, 6.07) is 0.894. The largest absolute Gasteiger partial charge is 0.573 e. The van der Waals surface area contributed by atoms with E-state index in [1.54, 1.807) is 0 Å². The van der Waals surface area contributed by atoms with Gasteiger partial charge in [0.2, 0.25) is 0 Å². The number of nitrogens with two attached hydrogens (primary N) is 1. The predicted octanol–water partition coefficient (Wildman–Crippen LogP) is 1.73. The van der Waals surface area contributed by atoms with E-state index in [0.717, 1.165) is 6.07 Å². The van der Waals surface area contributed by atoms with Crippen molar-refractivity contribution in [3.05, 3.63) is 23.0 Å². The van der Waals surface area contributed by atoms with E-state index in [-0.39, 0.29) is 5.15 Å². The minimum atomic E-state index is -4.92. The average molecular weight is 241 g/mol. The molecule has 0 bridgehead atoms. The number of carbonyl (C=O) groups is 1. The lowest BCUT2D eigenvalue weighted by molar-refractivity contribution is -0.274. The number of halogens is 4. The molecule has 0 saturated heterocycles. The summed E-state index contributed by atoms with van der Waals surface area (Å²) in [5, 5.41) is -0.154. The van der Waals surface area contributed by atoms with Crippen LogP contribution in [0.1, 0.15) is 10.4 Å². The Morgan fingerprint density at radius 1 is 1.53 bits per heavy atom. The van der Waals surface area contributed by atoms with Gasteiger partial charge in [0.15, 0.2) is 5.75 Å². The second kappa shape index (κ2) is 3.93. The van der Waals surface area contributed by atoms with Gasteiger partial charge >= 0.3 is 6.36 Å². The molecule has 82 valence electrons. The fourth-order valence-corrected chi connectivity index (χ4v) is 0.974. The fourth-order valence-electron chi connectivity index (χ4n) is 0.816. The van der Waals surface area contributed by atoms with E-state index >= 15 is 0 Å². The van der Waals surface area contributed by atoms with Crippen molar-refractivity contribution >= 4 is 17.5 Å². The third-order valence-electron chi connectivity index (χ3n) is 1.33. The summed E-state index contributed by atoms with van der Waals surface area (Å²) in [5.74, 6) is -1.86. The number of hydrogen-bond acceptors (Lipinski definition) is 3. The molecule has 1 heterocycles. The van der Waals surface area contributed by atoms with E-state index in [1.807, 2.05) is 0 Å². The number of hydrogen-bond donors (Lipinski definition) is 1. The maximum Gasteiger partial charge on any atom is 0.573 e. The zero-order valence-electron chi connectivity index (χ0n) is 7.01. The topological polar surface area (TPSA) is 65.2 Å². The molecule has 0 aromatic carbocycles. The van der Waals surface area contributed by atoms with Gasteiger partial charge in [-0.25, -0.2) is 4.98 Å². The van der Waals surface area contributed by atoms with Crippen molar-refractivity contribution in [2.45, 2.75) is 6.36 Å². The van der Waals surface area contributed by atoms with Crippen molar-refractivity contribution in [2.75, 3.05) is 0 Å². The summed E-state index contributed by atoms with van der Waals surface area (Å²) in [6.45, 7) is 0. The normalized spacial score (nSPS) is 11.2. The van der Waals surface area contributed by atoms with Crippen LogP contribution in [0.3, 0.4) is 0 Å². The van der Waals surface area contributed by atoms with Gasteiger partial charge in [-0.3, -0.25) is 4.79 Å². The number of amides is 1. The van der Waals surface area contributed by atoms with Gasteiger partial charge in [-0.2, -0.15) is 0 Å². The second-order valence-electron chi connectivity index (χ2n) is 2.42. The molecule has 8 heteroatoms. The van der Waals surface area contributed by atoms with Crippen LogP contribution in [0.25, 0.3) is 0 Å². The number of ether oxygens (including phenoxy) is 1. The summed E-state index contributed by atoms with van der Waals surface area (Å²) >= 11 is 5.38. The minimum Gasteiger partial charge on any atom is -0.403 e. The molecule has 0 spiro atoms. The van der Waals surface area contributed by atoms with Crippen molar-refractivity contribution in [1.82, 2.24) is 4.98 Å². The molecule has 0 aliphatic rings. The summed E-state index contributed by atoms with van der Waals surface area (Å²) < 4.78 is 39.1. The van der Waals surface area contributed by atoms with E-state index in [9.17, 15) is 18.0 Å². The highest BCUT2D eigenvalue weighted by Crippen LogP contribution is 2.26. The molecule has 0 unspecified atom stereocenters. The van der Waals surface area contributed by atoms with Crippen LogP contribution in [-0.4, -0.2) is 17.3 Å². The Labute approximate surface area is 86.8 Å². The molecular formula is C7H4ClF3N2O2. The first kappa shape index (κ1) is 11.6.